The maximum atomic E-state index is 10.2. The molecule has 0 heterocycles. The maximum Gasteiger partial charge on any atom is 0.0645 e. The van der Waals surface area contributed by atoms with Gasteiger partial charge in [-0.15, -0.1) is 0 Å². The Kier molecular flexibility index (Phi) is 4.64. The lowest BCUT2D eigenvalue weighted by atomic mass is 9.70. The standard InChI is InChI=1S/C14H28O/c1-5-11(3)12-7-9-13(10-8-12)14(4,15)6-2/h11-13,15H,5-10H2,1-4H3. The summed E-state index contributed by atoms with van der Waals surface area (Å²) >= 11 is 0. The van der Waals surface area contributed by atoms with Crippen molar-refractivity contribution in [1.29, 1.82) is 0 Å². The molecule has 0 spiro atoms. The van der Waals surface area contributed by atoms with Gasteiger partial charge >= 0.3 is 0 Å². The molecule has 15 heavy (non-hydrogen) atoms. The van der Waals surface area contributed by atoms with Crippen molar-refractivity contribution in [3.8, 4) is 0 Å². The van der Waals surface area contributed by atoms with Crippen LogP contribution in [0.15, 0.2) is 0 Å². The molecule has 1 rings (SSSR count). The first-order chi connectivity index (χ1) is 7.01. The van der Waals surface area contributed by atoms with E-state index >= 15 is 0 Å². The zero-order chi connectivity index (χ0) is 11.5. The third kappa shape index (κ3) is 3.21. The first kappa shape index (κ1) is 13.0. The van der Waals surface area contributed by atoms with Crippen LogP contribution in [-0.2, 0) is 0 Å². The van der Waals surface area contributed by atoms with Gasteiger partial charge in [0.25, 0.3) is 0 Å². The Hall–Kier alpha value is -0.0400. The second-order valence-electron chi connectivity index (χ2n) is 5.71. The van der Waals surface area contributed by atoms with E-state index in [-0.39, 0.29) is 0 Å². The van der Waals surface area contributed by atoms with Gasteiger partial charge in [0.05, 0.1) is 5.60 Å². The van der Waals surface area contributed by atoms with E-state index < -0.39 is 5.60 Å². The molecule has 0 amide bonds. The normalized spacial score (nSPS) is 33.4. The molecule has 0 aromatic heterocycles. The maximum absolute atomic E-state index is 10.2. The molecule has 2 unspecified atom stereocenters. The van der Waals surface area contributed by atoms with E-state index in [1.165, 1.54) is 32.1 Å². The monoisotopic (exact) mass is 212 g/mol. The van der Waals surface area contributed by atoms with Crippen molar-refractivity contribution in [1.82, 2.24) is 0 Å². The molecule has 0 radical (unpaired) electrons. The van der Waals surface area contributed by atoms with Crippen LogP contribution in [0.1, 0.15) is 66.2 Å². The van der Waals surface area contributed by atoms with Crippen molar-refractivity contribution in [2.45, 2.75) is 71.8 Å². The molecule has 1 aliphatic rings. The molecule has 0 aromatic carbocycles. The van der Waals surface area contributed by atoms with Gasteiger partial charge in [-0.3, -0.25) is 0 Å². The molecule has 1 saturated carbocycles. The fraction of sp³-hybridized carbons (Fsp3) is 1.00. The van der Waals surface area contributed by atoms with Crippen LogP contribution in [0.2, 0.25) is 0 Å². The predicted octanol–water partition coefficient (Wildman–Crippen LogP) is 4.00. The largest absolute Gasteiger partial charge is 0.390 e. The van der Waals surface area contributed by atoms with Crippen LogP contribution < -0.4 is 0 Å². The molecule has 1 aliphatic carbocycles. The predicted molar refractivity (Wildman–Crippen MR) is 65.8 cm³/mol. The van der Waals surface area contributed by atoms with Gasteiger partial charge in [-0.05, 0) is 56.8 Å². The van der Waals surface area contributed by atoms with Gasteiger partial charge in [-0.1, -0.05) is 27.2 Å². The van der Waals surface area contributed by atoms with Crippen molar-refractivity contribution in [2.24, 2.45) is 17.8 Å². The fourth-order valence-electron chi connectivity index (χ4n) is 2.93. The Morgan fingerprint density at radius 1 is 1.20 bits per heavy atom. The van der Waals surface area contributed by atoms with Crippen LogP contribution >= 0.6 is 0 Å². The molecule has 1 heteroatoms. The lowest BCUT2D eigenvalue weighted by molar-refractivity contribution is -0.0285. The smallest absolute Gasteiger partial charge is 0.0645 e. The first-order valence-electron chi connectivity index (χ1n) is 6.73. The Morgan fingerprint density at radius 3 is 2.13 bits per heavy atom. The van der Waals surface area contributed by atoms with Crippen molar-refractivity contribution in [3.63, 3.8) is 0 Å². The van der Waals surface area contributed by atoms with E-state index in [2.05, 4.69) is 20.8 Å². The van der Waals surface area contributed by atoms with Crippen LogP contribution in [0.5, 0.6) is 0 Å². The lowest BCUT2D eigenvalue weighted by Crippen LogP contribution is -2.37. The van der Waals surface area contributed by atoms with Crippen molar-refractivity contribution in [3.05, 3.63) is 0 Å². The van der Waals surface area contributed by atoms with E-state index in [1.54, 1.807) is 0 Å². The van der Waals surface area contributed by atoms with Crippen LogP contribution in [0.4, 0.5) is 0 Å². The second-order valence-corrected chi connectivity index (χ2v) is 5.71. The Balaban J connectivity index is 2.42. The summed E-state index contributed by atoms with van der Waals surface area (Å²) in [6, 6.07) is 0. The summed E-state index contributed by atoms with van der Waals surface area (Å²) in [6.45, 7) is 8.78. The van der Waals surface area contributed by atoms with Crippen molar-refractivity contribution < 1.29 is 5.11 Å². The molecule has 1 nitrogen and oxygen atoms in total. The Morgan fingerprint density at radius 2 is 1.73 bits per heavy atom. The summed E-state index contributed by atoms with van der Waals surface area (Å²) in [4.78, 5) is 0. The van der Waals surface area contributed by atoms with E-state index in [9.17, 15) is 5.11 Å². The molecule has 0 aromatic rings. The third-order valence-corrected chi connectivity index (χ3v) is 4.82. The minimum Gasteiger partial charge on any atom is -0.390 e. The van der Waals surface area contributed by atoms with Gasteiger partial charge in [0, 0.05) is 0 Å². The zero-order valence-electron chi connectivity index (χ0n) is 10.9. The highest BCUT2D eigenvalue weighted by atomic mass is 16.3. The molecular weight excluding hydrogens is 184 g/mol. The van der Waals surface area contributed by atoms with Crippen LogP contribution in [0, 0.1) is 17.8 Å². The molecule has 90 valence electrons. The summed E-state index contributed by atoms with van der Waals surface area (Å²) in [6.07, 6.45) is 7.32. The van der Waals surface area contributed by atoms with Crippen molar-refractivity contribution >= 4 is 0 Å². The average molecular weight is 212 g/mol. The van der Waals surface area contributed by atoms with Gasteiger partial charge < -0.3 is 5.11 Å². The summed E-state index contributed by atoms with van der Waals surface area (Å²) in [5.41, 5.74) is -0.416. The Labute approximate surface area is 95.3 Å². The van der Waals surface area contributed by atoms with Gasteiger partial charge in [0.15, 0.2) is 0 Å². The summed E-state index contributed by atoms with van der Waals surface area (Å²) in [7, 11) is 0. The molecule has 2 atom stereocenters. The second kappa shape index (κ2) is 5.34. The fourth-order valence-corrected chi connectivity index (χ4v) is 2.93. The number of rotatable bonds is 4. The van der Waals surface area contributed by atoms with Crippen LogP contribution in [0.3, 0.4) is 0 Å². The van der Waals surface area contributed by atoms with Crippen LogP contribution in [-0.4, -0.2) is 10.7 Å². The molecule has 1 fully saturated rings. The number of aliphatic hydroxyl groups is 1. The Bertz CT molecular complexity index is 178. The highest BCUT2D eigenvalue weighted by molar-refractivity contribution is 4.86. The number of hydrogen-bond donors (Lipinski definition) is 1. The van der Waals surface area contributed by atoms with Crippen molar-refractivity contribution in [2.75, 3.05) is 0 Å². The minimum atomic E-state index is -0.416. The summed E-state index contributed by atoms with van der Waals surface area (Å²) in [5, 5.41) is 10.2. The number of hydrogen-bond acceptors (Lipinski definition) is 1. The molecule has 0 aliphatic heterocycles. The lowest BCUT2D eigenvalue weighted by Gasteiger charge is -2.39. The van der Waals surface area contributed by atoms with Gasteiger partial charge in [-0.2, -0.15) is 0 Å². The quantitative estimate of drug-likeness (QED) is 0.747. The summed E-state index contributed by atoms with van der Waals surface area (Å²) < 4.78 is 0. The topological polar surface area (TPSA) is 20.2 Å². The van der Waals surface area contributed by atoms with E-state index in [4.69, 9.17) is 0 Å². The van der Waals surface area contributed by atoms with E-state index in [1.807, 2.05) is 6.92 Å². The average Bonchev–Trinajstić information content (AvgIpc) is 2.28. The molecular formula is C14H28O. The first-order valence-corrected chi connectivity index (χ1v) is 6.73. The van der Waals surface area contributed by atoms with Crippen LogP contribution in [0.25, 0.3) is 0 Å². The molecule has 0 bridgehead atoms. The summed E-state index contributed by atoms with van der Waals surface area (Å²) in [5.74, 6) is 2.33. The van der Waals surface area contributed by atoms with Gasteiger partial charge in [0.1, 0.15) is 0 Å². The minimum absolute atomic E-state index is 0.416. The molecule has 0 saturated heterocycles. The third-order valence-electron chi connectivity index (χ3n) is 4.82. The van der Waals surface area contributed by atoms with Gasteiger partial charge in [0.2, 0.25) is 0 Å². The highest BCUT2D eigenvalue weighted by Gasteiger charge is 2.34. The van der Waals surface area contributed by atoms with E-state index in [0.717, 1.165) is 18.3 Å². The zero-order valence-corrected chi connectivity index (χ0v) is 10.9. The SMILES string of the molecule is CCC(C)C1CCC(C(C)(O)CC)CC1. The molecule has 1 N–H and O–H groups in total. The van der Waals surface area contributed by atoms with E-state index in [0.29, 0.717) is 5.92 Å². The van der Waals surface area contributed by atoms with Gasteiger partial charge in [-0.25, -0.2) is 0 Å². The highest BCUT2D eigenvalue weighted by Crippen LogP contribution is 2.40.